The number of benzene rings is 2. The number of amides is 2. The summed E-state index contributed by atoms with van der Waals surface area (Å²) in [6, 6.07) is 10.8. The maximum Gasteiger partial charge on any atom is 0.315 e. The average molecular weight is 386 g/mol. The molecule has 0 aliphatic rings. The van der Waals surface area contributed by atoms with Crippen LogP contribution in [-0.4, -0.2) is 40.5 Å². The van der Waals surface area contributed by atoms with Crippen LogP contribution in [0.2, 0.25) is 0 Å². The molecule has 28 heavy (non-hydrogen) atoms. The molecule has 0 saturated carbocycles. The number of methoxy groups -OCH3 is 2. The van der Waals surface area contributed by atoms with E-state index in [1.54, 1.807) is 38.5 Å². The molecule has 0 fully saturated rings. The van der Waals surface area contributed by atoms with Gasteiger partial charge in [0.1, 0.15) is 5.82 Å². The first-order valence-electron chi connectivity index (χ1n) is 8.36. The summed E-state index contributed by atoms with van der Waals surface area (Å²) in [5.41, 5.74) is 1.31. The van der Waals surface area contributed by atoms with Crippen molar-refractivity contribution in [2.45, 2.75) is 13.1 Å². The summed E-state index contributed by atoms with van der Waals surface area (Å²) in [6.45, 7) is 0.363. The second kappa shape index (κ2) is 8.80. The van der Waals surface area contributed by atoms with Crippen molar-refractivity contribution in [1.82, 2.24) is 30.8 Å². The van der Waals surface area contributed by atoms with E-state index < -0.39 is 11.8 Å². The number of hydrogen-bond donors (Lipinski definition) is 2. The van der Waals surface area contributed by atoms with Gasteiger partial charge in [-0.15, -0.1) is 5.10 Å². The SMILES string of the molecule is COc1ccc(CNC(=O)NCc2nnnn2-c2cccc(F)c2)cc1OC. The lowest BCUT2D eigenvalue weighted by atomic mass is 10.2. The van der Waals surface area contributed by atoms with E-state index >= 15 is 0 Å². The van der Waals surface area contributed by atoms with Crippen LogP contribution in [0.15, 0.2) is 42.5 Å². The second-order valence-corrected chi connectivity index (χ2v) is 5.71. The predicted octanol–water partition coefficient (Wildman–Crippen LogP) is 1.82. The molecule has 3 aromatic rings. The minimum Gasteiger partial charge on any atom is -0.493 e. The summed E-state index contributed by atoms with van der Waals surface area (Å²) in [5, 5.41) is 16.7. The van der Waals surface area contributed by atoms with Gasteiger partial charge in [0.05, 0.1) is 26.5 Å². The fraction of sp³-hybridized carbons (Fsp3) is 0.222. The molecule has 2 N–H and O–H groups in total. The standard InChI is InChI=1S/C18H19FN6O3/c1-27-15-7-6-12(8-16(15)28-2)10-20-18(26)21-11-17-22-23-24-25(17)14-5-3-4-13(19)9-14/h3-9H,10-11H2,1-2H3,(H2,20,21,26). The zero-order valence-corrected chi connectivity index (χ0v) is 15.3. The summed E-state index contributed by atoms with van der Waals surface area (Å²) in [5.74, 6) is 1.16. The number of hydrogen-bond acceptors (Lipinski definition) is 6. The highest BCUT2D eigenvalue weighted by molar-refractivity contribution is 5.73. The van der Waals surface area contributed by atoms with Gasteiger partial charge in [0, 0.05) is 6.54 Å². The third kappa shape index (κ3) is 4.53. The molecule has 0 saturated heterocycles. The molecule has 1 aromatic heterocycles. The van der Waals surface area contributed by atoms with Crippen LogP contribution in [-0.2, 0) is 13.1 Å². The number of nitrogens with zero attached hydrogens (tertiary/aromatic N) is 4. The molecule has 1 heterocycles. The highest BCUT2D eigenvalue weighted by atomic mass is 19.1. The fourth-order valence-electron chi connectivity index (χ4n) is 2.52. The Bertz CT molecular complexity index is 962. The first kappa shape index (κ1) is 19.1. The van der Waals surface area contributed by atoms with Crippen LogP contribution in [0.4, 0.5) is 9.18 Å². The Kier molecular flexibility index (Phi) is 6.00. The largest absolute Gasteiger partial charge is 0.493 e. The smallest absolute Gasteiger partial charge is 0.315 e. The number of tetrazole rings is 1. The molecule has 3 rings (SSSR count). The fourth-order valence-corrected chi connectivity index (χ4v) is 2.52. The lowest BCUT2D eigenvalue weighted by Gasteiger charge is -2.11. The Morgan fingerprint density at radius 3 is 2.61 bits per heavy atom. The van der Waals surface area contributed by atoms with Crippen molar-refractivity contribution in [3.63, 3.8) is 0 Å². The van der Waals surface area contributed by atoms with Gasteiger partial charge >= 0.3 is 6.03 Å². The quantitative estimate of drug-likeness (QED) is 0.642. The summed E-state index contributed by atoms with van der Waals surface area (Å²) < 4.78 is 25.2. The molecule has 2 aromatic carbocycles. The van der Waals surface area contributed by atoms with E-state index in [0.29, 0.717) is 29.6 Å². The number of carbonyl (C=O) groups is 1. The van der Waals surface area contributed by atoms with Crippen LogP contribution in [0.3, 0.4) is 0 Å². The first-order valence-corrected chi connectivity index (χ1v) is 8.36. The number of ether oxygens (including phenoxy) is 2. The van der Waals surface area contributed by atoms with Gasteiger partial charge in [-0.2, -0.15) is 4.68 Å². The van der Waals surface area contributed by atoms with Crippen molar-refractivity contribution in [3.8, 4) is 17.2 Å². The Balaban J connectivity index is 1.56. The topological polar surface area (TPSA) is 103 Å². The predicted molar refractivity (Wildman–Crippen MR) is 97.7 cm³/mol. The number of nitrogens with one attached hydrogen (secondary N) is 2. The monoisotopic (exact) mass is 386 g/mol. The van der Waals surface area contributed by atoms with E-state index in [-0.39, 0.29) is 6.54 Å². The molecule has 0 bridgehead atoms. The Morgan fingerprint density at radius 2 is 1.86 bits per heavy atom. The van der Waals surface area contributed by atoms with Gasteiger partial charge in [-0.05, 0) is 46.3 Å². The van der Waals surface area contributed by atoms with Crippen LogP contribution in [0.1, 0.15) is 11.4 Å². The van der Waals surface area contributed by atoms with Crippen LogP contribution >= 0.6 is 0 Å². The normalized spacial score (nSPS) is 10.4. The number of carbonyl (C=O) groups excluding carboxylic acids is 1. The molecule has 0 atom stereocenters. The Morgan fingerprint density at radius 1 is 1.07 bits per heavy atom. The van der Waals surface area contributed by atoms with Crippen LogP contribution in [0.25, 0.3) is 5.69 Å². The van der Waals surface area contributed by atoms with Gasteiger partial charge in [0.15, 0.2) is 17.3 Å². The highest BCUT2D eigenvalue weighted by Crippen LogP contribution is 2.27. The number of urea groups is 1. The number of halogens is 1. The molecule has 146 valence electrons. The minimum absolute atomic E-state index is 0.0707. The van der Waals surface area contributed by atoms with Crippen molar-refractivity contribution in [2.24, 2.45) is 0 Å². The van der Waals surface area contributed by atoms with Crippen molar-refractivity contribution in [2.75, 3.05) is 14.2 Å². The van der Waals surface area contributed by atoms with Crippen molar-refractivity contribution < 1.29 is 18.7 Å². The molecule has 9 nitrogen and oxygen atoms in total. The van der Waals surface area contributed by atoms with Crippen molar-refractivity contribution in [3.05, 3.63) is 59.7 Å². The zero-order valence-electron chi connectivity index (χ0n) is 15.3. The van der Waals surface area contributed by atoms with Crippen molar-refractivity contribution in [1.29, 1.82) is 0 Å². The molecule has 0 radical (unpaired) electrons. The van der Waals surface area contributed by atoms with Crippen LogP contribution in [0.5, 0.6) is 11.5 Å². The summed E-state index contributed by atoms with van der Waals surface area (Å²) in [6.07, 6.45) is 0. The van der Waals surface area contributed by atoms with Gasteiger partial charge < -0.3 is 20.1 Å². The number of rotatable bonds is 7. The van der Waals surface area contributed by atoms with Crippen LogP contribution < -0.4 is 20.1 Å². The zero-order chi connectivity index (χ0) is 19.9. The lowest BCUT2D eigenvalue weighted by molar-refractivity contribution is 0.239. The summed E-state index contributed by atoms with van der Waals surface area (Å²) in [7, 11) is 3.10. The third-order valence-corrected chi connectivity index (χ3v) is 3.89. The summed E-state index contributed by atoms with van der Waals surface area (Å²) in [4.78, 5) is 12.1. The van der Waals surface area contributed by atoms with Gasteiger partial charge in [-0.25, -0.2) is 9.18 Å². The average Bonchev–Trinajstić information content (AvgIpc) is 3.19. The molecule has 0 spiro atoms. The molecule has 10 heteroatoms. The highest BCUT2D eigenvalue weighted by Gasteiger charge is 2.11. The lowest BCUT2D eigenvalue weighted by Crippen LogP contribution is -2.35. The van der Waals surface area contributed by atoms with E-state index in [1.165, 1.54) is 16.8 Å². The molecule has 0 unspecified atom stereocenters. The van der Waals surface area contributed by atoms with E-state index in [9.17, 15) is 9.18 Å². The molecule has 2 amide bonds. The molecular weight excluding hydrogens is 367 g/mol. The maximum atomic E-state index is 13.4. The van der Waals surface area contributed by atoms with E-state index in [2.05, 4.69) is 26.2 Å². The second-order valence-electron chi connectivity index (χ2n) is 5.71. The molecule has 0 aliphatic heterocycles. The van der Waals surface area contributed by atoms with E-state index in [4.69, 9.17) is 9.47 Å². The van der Waals surface area contributed by atoms with Gasteiger partial charge in [0.2, 0.25) is 0 Å². The van der Waals surface area contributed by atoms with E-state index in [0.717, 1.165) is 5.56 Å². The summed E-state index contributed by atoms with van der Waals surface area (Å²) >= 11 is 0. The Labute approximate surface area is 160 Å². The maximum absolute atomic E-state index is 13.4. The Hall–Kier alpha value is -3.69. The van der Waals surface area contributed by atoms with Gasteiger partial charge in [-0.1, -0.05) is 12.1 Å². The molecule has 0 aliphatic carbocycles. The van der Waals surface area contributed by atoms with Crippen LogP contribution in [0, 0.1) is 5.82 Å². The minimum atomic E-state index is -0.403. The first-order chi connectivity index (χ1) is 13.6. The van der Waals surface area contributed by atoms with E-state index in [1.807, 2.05) is 6.07 Å². The van der Waals surface area contributed by atoms with Gasteiger partial charge in [0.25, 0.3) is 0 Å². The third-order valence-electron chi connectivity index (χ3n) is 3.89. The number of aromatic nitrogens is 4. The van der Waals surface area contributed by atoms with Gasteiger partial charge in [-0.3, -0.25) is 0 Å². The molecular formula is C18H19FN6O3. The van der Waals surface area contributed by atoms with Crippen molar-refractivity contribution >= 4 is 6.03 Å².